The zero-order valence-electron chi connectivity index (χ0n) is 8.58. The minimum absolute atomic E-state index is 0.428. The van der Waals surface area contributed by atoms with Gasteiger partial charge < -0.3 is 5.32 Å². The summed E-state index contributed by atoms with van der Waals surface area (Å²) in [7, 11) is 0. The van der Waals surface area contributed by atoms with E-state index in [0.29, 0.717) is 18.0 Å². The molecule has 1 saturated carbocycles. The Morgan fingerprint density at radius 3 is 2.71 bits per heavy atom. The molecule has 1 aliphatic heterocycles. The van der Waals surface area contributed by atoms with E-state index in [2.05, 4.69) is 15.3 Å². The van der Waals surface area contributed by atoms with Crippen molar-refractivity contribution >= 4 is 0 Å². The summed E-state index contributed by atoms with van der Waals surface area (Å²) in [5.74, 6) is 0. The number of hydrogen-bond acceptors (Lipinski definition) is 2. The molecule has 2 rings (SSSR count). The number of azide groups is 1. The predicted molar refractivity (Wildman–Crippen MR) is 55.9 cm³/mol. The molecule has 0 bridgehead atoms. The summed E-state index contributed by atoms with van der Waals surface area (Å²) >= 11 is 0. The molecule has 2 fully saturated rings. The van der Waals surface area contributed by atoms with Crippen molar-refractivity contribution in [3.8, 4) is 0 Å². The fourth-order valence-electron chi connectivity index (χ4n) is 2.87. The Morgan fingerprint density at radius 1 is 1.36 bits per heavy atom. The van der Waals surface area contributed by atoms with Crippen molar-refractivity contribution in [2.75, 3.05) is 13.1 Å². The first-order valence-electron chi connectivity index (χ1n) is 5.59. The number of nitrogens with zero attached hydrogens (tertiary/aromatic N) is 3. The van der Waals surface area contributed by atoms with Crippen LogP contribution in [0, 0.1) is 5.41 Å². The highest BCUT2D eigenvalue weighted by Gasteiger charge is 2.36. The van der Waals surface area contributed by atoms with Crippen molar-refractivity contribution in [1.82, 2.24) is 5.32 Å². The van der Waals surface area contributed by atoms with Crippen LogP contribution in [0.1, 0.15) is 38.5 Å². The van der Waals surface area contributed by atoms with E-state index in [9.17, 15) is 0 Å². The summed E-state index contributed by atoms with van der Waals surface area (Å²) in [6.45, 7) is 1.76. The van der Waals surface area contributed by atoms with Crippen molar-refractivity contribution in [2.45, 2.75) is 44.6 Å². The Labute approximate surface area is 84.7 Å². The molecule has 0 aromatic rings. The molecule has 4 heteroatoms. The predicted octanol–water partition coefficient (Wildman–Crippen LogP) is 2.61. The molecule has 1 saturated heterocycles. The lowest BCUT2D eigenvalue weighted by Crippen LogP contribution is -2.45. The SMILES string of the molecule is [N-]=[N+]=NCC1CCC2(CCCC2)CN1. The standard InChI is InChI=1S/C10H18N4/c11-14-13-7-9-3-6-10(8-12-9)4-1-2-5-10/h9,12H,1-8H2. The maximum absolute atomic E-state index is 8.23. The third kappa shape index (κ3) is 2.02. The molecule has 0 aromatic carbocycles. The van der Waals surface area contributed by atoms with Crippen molar-refractivity contribution in [3.05, 3.63) is 10.4 Å². The van der Waals surface area contributed by atoms with Crippen LogP contribution in [0.15, 0.2) is 5.11 Å². The lowest BCUT2D eigenvalue weighted by Gasteiger charge is -2.37. The van der Waals surface area contributed by atoms with Gasteiger partial charge in [-0.25, -0.2) is 0 Å². The highest BCUT2D eigenvalue weighted by atomic mass is 15.1. The highest BCUT2D eigenvalue weighted by Crippen LogP contribution is 2.43. The fraction of sp³-hybridized carbons (Fsp3) is 1.00. The molecular formula is C10H18N4. The molecule has 14 heavy (non-hydrogen) atoms. The van der Waals surface area contributed by atoms with Crippen molar-refractivity contribution < 1.29 is 0 Å². The van der Waals surface area contributed by atoms with E-state index in [1.807, 2.05) is 0 Å². The van der Waals surface area contributed by atoms with Gasteiger partial charge in [-0.2, -0.15) is 0 Å². The Bertz CT molecular complexity index is 229. The fourth-order valence-corrected chi connectivity index (χ4v) is 2.87. The Hall–Kier alpha value is -0.730. The van der Waals surface area contributed by atoms with Gasteiger partial charge in [0.15, 0.2) is 0 Å². The van der Waals surface area contributed by atoms with Crippen LogP contribution in [0.3, 0.4) is 0 Å². The van der Waals surface area contributed by atoms with Crippen LogP contribution in [-0.2, 0) is 0 Å². The summed E-state index contributed by atoms with van der Waals surface area (Å²) in [5, 5.41) is 7.15. The molecular weight excluding hydrogens is 176 g/mol. The average molecular weight is 194 g/mol. The van der Waals surface area contributed by atoms with Gasteiger partial charge >= 0.3 is 0 Å². The zero-order valence-corrected chi connectivity index (χ0v) is 8.58. The van der Waals surface area contributed by atoms with E-state index in [4.69, 9.17) is 5.53 Å². The molecule has 0 amide bonds. The molecule has 0 radical (unpaired) electrons. The second-order valence-electron chi connectivity index (χ2n) is 4.74. The number of rotatable bonds is 2. The molecule has 1 unspecified atom stereocenters. The second-order valence-corrected chi connectivity index (χ2v) is 4.74. The highest BCUT2D eigenvalue weighted by molar-refractivity contribution is 4.92. The maximum atomic E-state index is 8.23. The van der Waals surface area contributed by atoms with Gasteiger partial charge in [0.25, 0.3) is 0 Å². The molecule has 2 aliphatic rings. The number of hydrogen-bond donors (Lipinski definition) is 1. The quantitative estimate of drug-likeness (QED) is 0.410. The van der Waals surface area contributed by atoms with Gasteiger partial charge in [0.1, 0.15) is 0 Å². The Balaban J connectivity index is 1.82. The topological polar surface area (TPSA) is 60.8 Å². The largest absolute Gasteiger partial charge is 0.313 e. The normalized spacial score (nSPS) is 30.1. The molecule has 1 aliphatic carbocycles. The Kier molecular flexibility index (Phi) is 2.94. The van der Waals surface area contributed by atoms with Crippen molar-refractivity contribution in [3.63, 3.8) is 0 Å². The van der Waals surface area contributed by atoms with Crippen LogP contribution < -0.4 is 5.32 Å². The van der Waals surface area contributed by atoms with Crippen LogP contribution in [0.2, 0.25) is 0 Å². The summed E-state index contributed by atoms with van der Waals surface area (Å²) in [6, 6.07) is 0.428. The lowest BCUT2D eigenvalue weighted by atomic mass is 9.77. The van der Waals surface area contributed by atoms with Gasteiger partial charge in [-0.05, 0) is 36.6 Å². The van der Waals surface area contributed by atoms with Gasteiger partial charge in [-0.15, -0.1) is 0 Å². The summed E-state index contributed by atoms with van der Waals surface area (Å²) < 4.78 is 0. The molecule has 1 heterocycles. The first kappa shape index (κ1) is 9.81. The third-order valence-electron chi connectivity index (χ3n) is 3.82. The number of piperidine rings is 1. The van der Waals surface area contributed by atoms with Crippen LogP contribution in [0.25, 0.3) is 10.4 Å². The smallest absolute Gasteiger partial charge is 0.0412 e. The lowest BCUT2D eigenvalue weighted by molar-refractivity contribution is 0.185. The maximum Gasteiger partial charge on any atom is 0.0412 e. The molecule has 78 valence electrons. The van der Waals surface area contributed by atoms with Crippen molar-refractivity contribution in [1.29, 1.82) is 0 Å². The molecule has 1 atom stereocenters. The van der Waals surface area contributed by atoms with Crippen molar-refractivity contribution in [2.24, 2.45) is 10.5 Å². The second kappa shape index (κ2) is 4.20. The van der Waals surface area contributed by atoms with Crippen LogP contribution >= 0.6 is 0 Å². The van der Waals surface area contributed by atoms with Crippen LogP contribution in [0.4, 0.5) is 0 Å². The zero-order chi connectivity index (χ0) is 9.86. The molecule has 0 aromatic heterocycles. The van der Waals surface area contributed by atoms with Crippen LogP contribution in [-0.4, -0.2) is 19.1 Å². The van der Waals surface area contributed by atoms with E-state index in [-0.39, 0.29) is 0 Å². The third-order valence-corrected chi connectivity index (χ3v) is 3.82. The molecule has 1 N–H and O–H groups in total. The summed E-state index contributed by atoms with van der Waals surface area (Å²) in [6.07, 6.45) is 8.11. The number of nitrogens with one attached hydrogen (secondary N) is 1. The van der Waals surface area contributed by atoms with E-state index in [1.54, 1.807) is 0 Å². The Morgan fingerprint density at radius 2 is 2.14 bits per heavy atom. The van der Waals surface area contributed by atoms with E-state index >= 15 is 0 Å². The van der Waals surface area contributed by atoms with Gasteiger partial charge in [-0.3, -0.25) is 0 Å². The molecule has 1 spiro atoms. The van der Waals surface area contributed by atoms with Gasteiger partial charge in [0.05, 0.1) is 0 Å². The average Bonchev–Trinajstić information content (AvgIpc) is 2.66. The first-order valence-corrected chi connectivity index (χ1v) is 5.59. The van der Waals surface area contributed by atoms with E-state index in [0.717, 1.165) is 6.54 Å². The monoisotopic (exact) mass is 194 g/mol. The molecule has 4 nitrogen and oxygen atoms in total. The van der Waals surface area contributed by atoms with Gasteiger partial charge in [0.2, 0.25) is 0 Å². The van der Waals surface area contributed by atoms with Gasteiger partial charge in [-0.1, -0.05) is 18.0 Å². The summed E-state index contributed by atoms with van der Waals surface area (Å²) in [5.41, 5.74) is 8.84. The van der Waals surface area contributed by atoms with Crippen LogP contribution in [0.5, 0.6) is 0 Å². The van der Waals surface area contributed by atoms with Gasteiger partial charge in [0, 0.05) is 24.0 Å². The first-order chi connectivity index (χ1) is 6.85. The summed E-state index contributed by atoms with van der Waals surface area (Å²) in [4.78, 5) is 2.80. The minimum atomic E-state index is 0.428. The van der Waals surface area contributed by atoms with E-state index < -0.39 is 0 Å². The van der Waals surface area contributed by atoms with E-state index in [1.165, 1.54) is 38.5 Å². The minimum Gasteiger partial charge on any atom is -0.313 e.